The van der Waals surface area contributed by atoms with Crippen LogP contribution >= 0.6 is 11.3 Å². The molecule has 7 heteroatoms. The number of hydrogen-bond donors (Lipinski definition) is 3. The van der Waals surface area contributed by atoms with Gasteiger partial charge in [-0.25, -0.2) is 4.98 Å². The van der Waals surface area contributed by atoms with Crippen molar-refractivity contribution in [3.8, 4) is 10.6 Å². The van der Waals surface area contributed by atoms with Crippen LogP contribution < -0.4 is 10.6 Å². The van der Waals surface area contributed by atoms with Crippen LogP contribution in [-0.4, -0.2) is 28.6 Å². The smallest absolute Gasteiger partial charge is 0.253 e. The predicted molar refractivity (Wildman–Crippen MR) is 117 cm³/mol. The van der Waals surface area contributed by atoms with Crippen molar-refractivity contribution in [1.82, 2.24) is 15.6 Å². The van der Waals surface area contributed by atoms with Gasteiger partial charge >= 0.3 is 0 Å². The van der Waals surface area contributed by atoms with E-state index in [9.17, 15) is 9.59 Å². The Kier molecular flexibility index (Phi) is 5.83. The summed E-state index contributed by atoms with van der Waals surface area (Å²) in [5.41, 5.74) is 2.05. The van der Waals surface area contributed by atoms with E-state index in [0.717, 1.165) is 26.2 Å². The number of nitrogens with one attached hydrogen (secondary N) is 2. The second-order valence-corrected chi connectivity index (χ2v) is 7.74. The largest absolute Gasteiger partial charge is 0.376 e. The molecule has 0 bridgehead atoms. The Morgan fingerprint density at radius 2 is 1.50 bits per heavy atom. The summed E-state index contributed by atoms with van der Waals surface area (Å²) in [6.07, 6.45) is 1.78. The lowest BCUT2D eigenvalue weighted by atomic mass is 10.0. The molecule has 0 saturated heterocycles. The van der Waals surface area contributed by atoms with Crippen molar-refractivity contribution >= 4 is 33.9 Å². The number of rotatable bonds is 6. The molecular weight excluding hydrogens is 398 g/mol. The molecule has 0 aliphatic rings. The fourth-order valence-corrected chi connectivity index (χ4v) is 3.93. The quantitative estimate of drug-likeness (QED) is 0.418. The number of thiazole rings is 1. The molecule has 30 heavy (non-hydrogen) atoms. The third-order valence-corrected chi connectivity index (χ3v) is 5.65. The van der Waals surface area contributed by atoms with E-state index in [2.05, 4.69) is 15.6 Å². The maximum absolute atomic E-state index is 12.6. The van der Waals surface area contributed by atoms with Gasteiger partial charge < -0.3 is 15.7 Å². The fraction of sp³-hybridized carbons (Fsp3) is 0.0870. The Bertz CT molecular complexity index is 1200. The zero-order valence-corrected chi connectivity index (χ0v) is 16.8. The molecule has 0 atom stereocenters. The monoisotopic (exact) mass is 417 g/mol. The molecule has 1 aromatic heterocycles. The summed E-state index contributed by atoms with van der Waals surface area (Å²) < 4.78 is 0. The van der Waals surface area contributed by atoms with Crippen LogP contribution in [0.4, 0.5) is 0 Å². The van der Waals surface area contributed by atoms with Gasteiger partial charge in [-0.2, -0.15) is 0 Å². The summed E-state index contributed by atoms with van der Waals surface area (Å²) in [5.74, 6) is -0.519. The average Bonchev–Trinajstić information content (AvgIpc) is 3.26. The molecule has 6 nitrogen and oxygen atoms in total. The molecular formula is C23H19N3O3S. The van der Waals surface area contributed by atoms with E-state index in [1.165, 1.54) is 0 Å². The van der Waals surface area contributed by atoms with Crippen molar-refractivity contribution in [2.24, 2.45) is 0 Å². The topological polar surface area (TPSA) is 91.3 Å². The maximum Gasteiger partial charge on any atom is 0.253 e. The SMILES string of the molecule is O=C(NCO)c1ccc2cc(C(=O)NCc3cnc(-c4ccccc4)s3)ccc2c1. The van der Waals surface area contributed by atoms with Crippen molar-refractivity contribution in [3.63, 3.8) is 0 Å². The molecule has 4 aromatic rings. The van der Waals surface area contributed by atoms with Gasteiger partial charge in [0.25, 0.3) is 11.8 Å². The van der Waals surface area contributed by atoms with Gasteiger partial charge in [0.05, 0.1) is 6.54 Å². The Hall–Kier alpha value is -3.55. The van der Waals surface area contributed by atoms with Gasteiger partial charge in [-0.15, -0.1) is 11.3 Å². The first kappa shape index (κ1) is 19.8. The van der Waals surface area contributed by atoms with Gasteiger partial charge in [-0.3, -0.25) is 9.59 Å². The predicted octanol–water partition coefficient (Wildman–Crippen LogP) is 3.57. The first-order valence-electron chi connectivity index (χ1n) is 9.35. The molecule has 0 aliphatic heterocycles. The number of benzene rings is 3. The molecule has 4 rings (SSSR count). The van der Waals surface area contributed by atoms with Crippen LogP contribution in [0, 0.1) is 0 Å². The van der Waals surface area contributed by atoms with Gasteiger partial charge in [0.1, 0.15) is 11.7 Å². The molecule has 2 amide bonds. The normalized spacial score (nSPS) is 10.7. The number of amides is 2. The molecule has 0 fully saturated rings. The number of aliphatic hydroxyl groups is 1. The van der Waals surface area contributed by atoms with E-state index >= 15 is 0 Å². The molecule has 150 valence electrons. The Balaban J connectivity index is 1.44. The summed E-state index contributed by atoms with van der Waals surface area (Å²) in [6, 6.07) is 20.4. The average molecular weight is 417 g/mol. The number of fused-ring (bicyclic) bond motifs is 1. The molecule has 3 N–H and O–H groups in total. The Labute approximate surface area is 177 Å². The zero-order valence-electron chi connectivity index (χ0n) is 16.0. The Morgan fingerprint density at radius 1 is 0.867 bits per heavy atom. The third kappa shape index (κ3) is 4.37. The summed E-state index contributed by atoms with van der Waals surface area (Å²) in [7, 11) is 0. The van der Waals surface area contributed by atoms with E-state index in [-0.39, 0.29) is 11.8 Å². The van der Waals surface area contributed by atoms with Crippen molar-refractivity contribution in [3.05, 3.63) is 88.9 Å². The Morgan fingerprint density at radius 3 is 2.13 bits per heavy atom. The number of carbonyl (C=O) groups is 2. The van der Waals surface area contributed by atoms with Gasteiger partial charge in [-0.1, -0.05) is 42.5 Å². The third-order valence-electron chi connectivity index (χ3n) is 4.60. The first-order chi connectivity index (χ1) is 14.6. The van der Waals surface area contributed by atoms with E-state index < -0.39 is 6.73 Å². The molecule has 1 heterocycles. The van der Waals surface area contributed by atoms with Crippen molar-refractivity contribution in [2.75, 3.05) is 6.73 Å². The van der Waals surface area contributed by atoms with Crippen molar-refractivity contribution < 1.29 is 14.7 Å². The van der Waals surface area contributed by atoms with Crippen LogP contribution in [0.15, 0.2) is 72.9 Å². The standard InChI is InChI=1S/C23H19N3O3S/c27-14-26-22(29)19-9-7-16-10-18(8-6-17(16)11-19)21(28)24-12-20-13-25-23(30-20)15-4-2-1-3-5-15/h1-11,13,27H,12,14H2,(H,24,28)(H,26,29). The number of aliphatic hydroxyl groups excluding tert-OH is 1. The summed E-state index contributed by atoms with van der Waals surface area (Å²) in [4.78, 5) is 29.8. The van der Waals surface area contributed by atoms with Gasteiger partial charge in [-0.05, 0) is 35.0 Å². The summed E-state index contributed by atoms with van der Waals surface area (Å²) in [6.45, 7) is -0.00970. The van der Waals surface area contributed by atoms with E-state index in [4.69, 9.17) is 5.11 Å². The minimum atomic E-state index is -0.414. The van der Waals surface area contributed by atoms with Gasteiger partial charge in [0.2, 0.25) is 0 Å². The van der Waals surface area contributed by atoms with Gasteiger partial charge in [0, 0.05) is 27.8 Å². The highest BCUT2D eigenvalue weighted by molar-refractivity contribution is 7.15. The molecule has 3 aromatic carbocycles. The second-order valence-electron chi connectivity index (χ2n) is 6.62. The van der Waals surface area contributed by atoms with Crippen molar-refractivity contribution in [2.45, 2.75) is 6.54 Å². The van der Waals surface area contributed by atoms with E-state index in [0.29, 0.717) is 17.7 Å². The highest BCUT2D eigenvalue weighted by atomic mass is 32.1. The van der Waals surface area contributed by atoms with Crippen LogP contribution in [0.1, 0.15) is 25.6 Å². The van der Waals surface area contributed by atoms with Crippen LogP contribution in [0.2, 0.25) is 0 Å². The summed E-state index contributed by atoms with van der Waals surface area (Å²) in [5, 5.41) is 16.7. The maximum atomic E-state index is 12.6. The molecule has 0 aliphatic carbocycles. The number of hydrogen-bond acceptors (Lipinski definition) is 5. The van der Waals surface area contributed by atoms with E-state index in [1.807, 2.05) is 30.3 Å². The summed E-state index contributed by atoms with van der Waals surface area (Å²) >= 11 is 1.55. The minimum Gasteiger partial charge on any atom is -0.376 e. The number of aromatic nitrogens is 1. The highest BCUT2D eigenvalue weighted by Crippen LogP contribution is 2.25. The van der Waals surface area contributed by atoms with Gasteiger partial charge in [0.15, 0.2) is 0 Å². The number of carbonyl (C=O) groups excluding carboxylic acids is 2. The van der Waals surface area contributed by atoms with Crippen LogP contribution in [0.5, 0.6) is 0 Å². The van der Waals surface area contributed by atoms with E-state index in [1.54, 1.807) is 53.9 Å². The molecule has 0 spiro atoms. The number of nitrogens with zero attached hydrogens (tertiary/aromatic N) is 1. The van der Waals surface area contributed by atoms with Crippen LogP contribution in [0.3, 0.4) is 0 Å². The zero-order chi connectivity index (χ0) is 20.9. The highest BCUT2D eigenvalue weighted by Gasteiger charge is 2.10. The molecule has 0 saturated carbocycles. The fourth-order valence-electron chi connectivity index (χ4n) is 3.07. The lowest BCUT2D eigenvalue weighted by Crippen LogP contribution is -2.24. The lowest BCUT2D eigenvalue weighted by Gasteiger charge is -2.07. The molecule has 0 radical (unpaired) electrons. The first-order valence-corrected chi connectivity index (χ1v) is 10.2. The van der Waals surface area contributed by atoms with Crippen LogP contribution in [-0.2, 0) is 6.54 Å². The van der Waals surface area contributed by atoms with Crippen LogP contribution in [0.25, 0.3) is 21.3 Å². The second kappa shape index (κ2) is 8.86. The minimum absolute atomic E-state index is 0.173. The lowest BCUT2D eigenvalue weighted by molar-refractivity contribution is 0.0908. The van der Waals surface area contributed by atoms with Crippen molar-refractivity contribution in [1.29, 1.82) is 0 Å². The molecule has 0 unspecified atom stereocenters.